The Morgan fingerprint density at radius 2 is 1.70 bits per heavy atom. The Morgan fingerprint density at radius 1 is 0.963 bits per heavy atom. The molecular weight excluding hydrogens is 342 g/mol. The number of ether oxygens (including phenoxy) is 1. The number of hydrogen-bond acceptors (Lipinski definition) is 4. The van der Waals surface area contributed by atoms with E-state index in [0.29, 0.717) is 16.8 Å². The number of esters is 1. The van der Waals surface area contributed by atoms with Crippen molar-refractivity contribution in [2.24, 2.45) is 0 Å². The molecule has 138 valence electrons. The number of amides is 1. The highest BCUT2D eigenvalue weighted by molar-refractivity contribution is 5.98. The molecule has 0 aliphatic heterocycles. The van der Waals surface area contributed by atoms with Crippen LogP contribution >= 0.6 is 0 Å². The Bertz CT molecular complexity index is 959. The number of benzene rings is 2. The van der Waals surface area contributed by atoms with E-state index in [0.717, 1.165) is 11.1 Å². The molecule has 0 bridgehead atoms. The highest BCUT2D eigenvalue weighted by Crippen LogP contribution is 2.24. The van der Waals surface area contributed by atoms with Crippen LogP contribution in [-0.2, 0) is 9.53 Å². The van der Waals surface area contributed by atoms with Crippen molar-refractivity contribution in [3.05, 3.63) is 88.9 Å². The van der Waals surface area contributed by atoms with Crippen molar-refractivity contribution in [1.82, 2.24) is 0 Å². The first-order valence-electron chi connectivity index (χ1n) is 8.64. The van der Waals surface area contributed by atoms with Gasteiger partial charge in [0.05, 0.1) is 6.26 Å². The van der Waals surface area contributed by atoms with E-state index in [1.54, 1.807) is 37.3 Å². The lowest BCUT2D eigenvalue weighted by molar-refractivity contribution is -0.125. The Labute approximate surface area is 158 Å². The van der Waals surface area contributed by atoms with E-state index in [9.17, 15) is 9.59 Å². The summed E-state index contributed by atoms with van der Waals surface area (Å²) >= 11 is 0. The van der Waals surface area contributed by atoms with E-state index in [1.165, 1.54) is 6.26 Å². The van der Waals surface area contributed by atoms with Gasteiger partial charge in [0.1, 0.15) is 0 Å². The van der Waals surface area contributed by atoms with Crippen molar-refractivity contribution in [2.45, 2.75) is 26.9 Å². The van der Waals surface area contributed by atoms with Gasteiger partial charge >= 0.3 is 5.97 Å². The van der Waals surface area contributed by atoms with Crippen molar-refractivity contribution < 1.29 is 18.7 Å². The molecule has 3 aromatic rings. The molecule has 3 rings (SSSR count). The van der Waals surface area contributed by atoms with E-state index in [2.05, 4.69) is 5.32 Å². The molecule has 0 aliphatic carbocycles. The summed E-state index contributed by atoms with van der Waals surface area (Å²) in [5, 5.41) is 2.87. The monoisotopic (exact) mass is 363 g/mol. The number of hydrogen-bond donors (Lipinski definition) is 1. The fourth-order valence-electron chi connectivity index (χ4n) is 2.71. The van der Waals surface area contributed by atoms with Crippen molar-refractivity contribution in [3.8, 4) is 0 Å². The Balaban J connectivity index is 1.88. The third kappa shape index (κ3) is 4.26. The summed E-state index contributed by atoms with van der Waals surface area (Å²) in [6.07, 6.45) is 0.322. The van der Waals surface area contributed by atoms with Crippen LogP contribution in [-0.4, -0.2) is 11.9 Å². The number of nitrogens with one attached hydrogen (secondary N) is 1. The van der Waals surface area contributed by atoms with Crippen LogP contribution in [0.1, 0.15) is 38.9 Å². The van der Waals surface area contributed by atoms with Crippen LogP contribution in [0.2, 0.25) is 0 Å². The summed E-state index contributed by atoms with van der Waals surface area (Å²) in [6, 6.07) is 16.4. The predicted molar refractivity (Wildman–Crippen MR) is 103 cm³/mol. The summed E-state index contributed by atoms with van der Waals surface area (Å²) in [7, 11) is 0. The number of carbonyl (C=O) groups is 2. The van der Waals surface area contributed by atoms with E-state index < -0.39 is 18.0 Å². The SMILES string of the molecule is Cc1ccc(C)c(NC(=O)C(OC(=O)c2occc2C)c2ccccc2)c1. The van der Waals surface area contributed by atoms with Crippen LogP contribution < -0.4 is 5.32 Å². The quantitative estimate of drug-likeness (QED) is 0.665. The van der Waals surface area contributed by atoms with Gasteiger partial charge in [0, 0.05) is 16.8 Å². The maximum Gasteiger partial charge on any atom is 0.375 e. The highest BCUT2D eigenvalue weighted by atomic mass is 16.6. The molecule has 1 aromatic heterocycles. The van der Waals surface area contributed by atoms with Gasteiger partial charge < -0.3 is 14.5 Å². The molecule has 0 fully saturated rings. The van der Waals surface area contributed by atoms with E-state index >= 15 is 0 Å². The first-order chi connectivity index (χ1) is 13.0. The number of furan rings is 1. The first kappa shape index (κ1) is 18.5. The normalized spacial score (nSPS) is 11.7. The van der Waals surface area contributed by atoms with Crippen LogP contribution in [0.4, 0.5) is 5.69 Å². The zero-order valence-corrected chi connectivity index (χ0v) is 15.5. The van der Waals surface area contributed by atoms with Gasteiger partial charge in [-0.15, -0.1) is 0 Å². The molecule has 1 N–H and O–H groups in total. The fraction of sp³-hybridized carbons (Fsp3) is 0.182. The fourth-order valence-corrected chi connectivity index (χ4v) is 2.71. The van der Waals surface area contributed by atoms with Crippen LogP contribution in [0.5, 0.6) is 0 Å². The summed E-state index contributed by atoms with van der Waals surface area (Å²) in [4.78, 5) is 25.4. The minimum absolute atomic E-state index is 0.0930. The van der Waals surface area contributed by atoms with E-state index in [1.807, 2.05) is 38.1 Å². The summed E-state index contributed by atoms with van der Waals surface area (Å²) in [5.74, 6) is -1.01. The average molecular weight is 363 g/mol. The van der Waals surface area contributed by atoms with Gasteiger partial charge in [-0.05, 0) is 44.0 Å². The average Bonchev–Trinajstić information content (AvgIpc) is 3.09. The van der Waals surface area contributed by atoms with E-state index in [-0.39, 0.29) is 5.76 Å². The third-order valence-electron chi connectivity index (χ3n) is 4.26. The molecule has 0 spiro atoms. The van der Waals surface area contributed by atoms with Crippen molar-refractivity contribution in [1.29, 1.82) is 0 Å². The molecule has 0 saturated carbocycles. The van der Waals surface area contributed by atoms with Crippen LogP contribution in [0, 0.1) is 20.8 Å². The van der Waals surface area contributed by atoms with Gasteiger partial charge in [0.25, 0.3) is 5.91 Å². The van der Waals surface area contributed by atoms with Crippen LogP contribution in [0.3, 0.4) is 0 Å². The minimum Gasteiger partial charge on any atom is -0.457 e. The molecular formula is C22H21NO4. The van der Waals surface area contributed by atoms with E-state index in [4.69, 9.17) is 9.15 Å². The van der Waals surface area contributed by atoms with Crippen LogP contribution in [0.25, 0.3) is 0 Å². The lowest BCUT2D eigenvalue weighted by atomic mass is 10.1. The molecule has 2 aromatic carbocycles. The summed E-state index contributed by atoms with van der Waals surface area (Å²) in [5.41, 5.74) is 3.87. The number of rotatable bonds is 5. The van der Waals surface area contributed by atoms with Crippen molar-refractivity contribution >= 4 is 17.6 Å². The molecule has 1 atom stereocenters. The first-order valence-corrected chi connectivity index (χ1v) is 8.64. The molecule has 1 unspecified atom stereocenters. The van der Waals surface area contributed by atoms with Gasteiger partial charge in [0.2, 0.25) is 11.9 Å². The van der Waals surface area contributed by atoms with Gasteiger partial charge in [0.15, 0.2) is 0 Å². The Kier molecular flexibility index (Phi) is 5.41. The topological polar surface area (TPSA) is 68.5 Å². The van der Waals surface area contributed by atoms with Crippen LogP contribution in [0.15, 0.2) is 65.3 Å². The summed E-state index contributed by atoms with van der Waals surface area (Å²) < 4.78 is 10.7. The third-order valence-corrected chi connectivity index (χ3v) is 4.26. The molecule has 5 nitrogen and oxygen atoms in total. The second-order valence-corrected chi connectivity index (χ2v) is 6.44. The van der Waals surface area contributed by atoms with Crippen molar-refractivity contribution in [2.75, 3.05) is 5.32 Å². The molecule has 1 amide bonds. The minimum atomic E-state index is -1.09. The second kappa shape index (κ2) is 7.91. The maximum absolute atomic E-state index is 12.9. The molecule has 0 aliphatic rings. The second-order valence-electron chi connectivity index (χ2n) is 6.44. The van der Waals surface area contributed by atoms with Gasteiger partial charge in [-0.3, -0.25) is 4.79 Å². The number of carbonyl (C=O) groups excluding carboxylic acids is 2. The zero-order valence-electron chi connectivity index (χ0n) is 15.5. The molecule has 5 heteroatoms. The largest absolute Gasteiger partial charge is 0.457 e. The number of anilines is 1. The van der Waals surface area contributed by atoms with Gasteiger partial charge in [-0.1, -0.05) is 42.5 Å². The zero-order chi connectivity index (χ0) is 19.4. The Morgan fingerprint density at radius 3 is 2.37 bits per heavy atom. The molecule has 27 heavy (non-hydrogen) atoms. The van der Waals surface area contributed by atoms with Gasteiger partial charge in [-0.25, -0.2) is 4.79 Å². The smallest absolute Gasteiger partial charge is 0.375 e. The molecule has 0 radical (unpaired) electrons. The predicted octanol–water partition coefficient (Wildman–Crippen LogP) is 4.74. The molecule has 1 heterocycles. The molecule has 0 saturated heterocycles. The summed E-state index contributed by atoms with van der Waals surface area (Å²) in [6.45, 7) is 5.60. The Hall–Kier alpha value is -3.34. The lowest BCUT2D eigenvalue weighted by Gasteiger charge is -2.18. The maximum atomic E-state index is 12.9. The standard InChI is InChI=1S/C22H21NO4/c1-14-9-10-15(2)18(13-14)23-21(24)20(17-7-5-4-6-8-17)27-22(25)19-16(3)11-12-26-19/h4-13,20H,1-3H3,(H,23,24). The van der Waals surface area contributed by atoms with Gasteiger partial charge in [-0.2, -0.15) is 0 Å². The highest BCUT2D eigenvalue weighted by Gasteiger charge is 2.28. The number of aryl methyl sites for hydroxylation is 3. The van der Waals surface area contributed by atoms with Crippen molar-refractivity contribution in [3.63, 3.8) is 0 Å². The lowest BCUT2D eigenvalue weighted by Crippen LogP contribution is -2.26.